The van der Waals surface area contributed by atoms with Crippen molar-refractivity contribution in [3.8, 4) is 0 Å². The molecule has 3 N–H and O–H groups in total. The molecule has 0 radical (unpaired) electrons. The number of aliphatic hydroxyl groups excluding tert-OH is 1. The first-order chi connectivity index (χ1) is 8.72. The molecular weight excluding hydrogens is 228 g/mol. The molecule has 0 saturated carbocycles. The first-order valence-electron chi connectivity index (χ1n) is 6.37. The van der Waals surface area contributed by atoms with E-state index in [0.717, 1.165) is 18.4 Å². The molecule has 1 unspecified atom stereocenters. The zero-order chi connectivity index (χ0) is 13.2. The molecule has 0 aromatic heterocycles. The van der Waals surface area contributed by atoms with Gasteiger partial charge in [0.15, 0.2) is 0 Å². The monoisotopic (exact) mass is 250 g/mol. The Morgan fingerprint density at radius 1 is 1.33 bits per heavy atom. The molecule has 0 saturated heterocycles. The highest BCUT2D eigenvalue weighted by Gasteiger charge is 2.04. The van der Waals surface area contributed by atoms with Crippen molar-refractivity contribution in [1.82, 2.24) is 10.6 Å². The van der Waals surface area contributed by atoms with E-state index in [1.807, 2.05) is 37.3 Å². The highest BCUT2D eigenvalue weighted by Crippen LogP contribution is 1.97. The second kappa shape index (κ2) is 8.66. The molecule has 1 aromatic carbocycles. The van der Waals surface area contributed by atoms with Crippen LogP contribution in [0.3, 0.4) is 0 Å². The van der Waals surface area contributed by atoms with Gasteiger partial charge in [0.05, 0.1) is 6.54 Å². The fourth-order valence-electron chi connectivity index (χ4n) is 1.63. The van der Waals surface area contributed by atoms with Crippen LogP contribution in [0.4, 0.5) is 0 Å². The third-order valence-corrected chi connectivity index (χ3v) is 2.74. The van der Waals surface area contributed by atoms with Gasteiger partial charge in [-0.3, -0.25) is 4.79 Å². The Bertz CT molecular complexity index is 341. The van der Waals surface area contributed by atoms with Gasteiger partial charge in [0, 0.05) is 19.2 Å². The lowest BCUT2D eigenvalue weighted by molar-refractivity contribution is -0.120. The van der Waals surface area contributed by atoms with Crippen LogP contribution in [0.2, 0.25) is 0 Å². The average Bonchev–Trinajstić information content (AvgIpc) is 2.41. The Morgan fingerprint density at radius 2 is 2.06 bits per heavy atom. The lowest BCUT2D eigenvalue weighted by atomic mass is 10.2. The molecule has 0 fully saturated rings. The molecule has 4 nitrogen and oxygen atoms in total. The summed E-state index contributed by atoms with van der Waals surface area (Å²) in [5, 5.41) is 14.7. The Labute approximate surface area is 108 Å². The van der Waals surface area contributed by atoms with E-state index in [4.69, 9.17) is 5.11 Å². The van der Waals surface area contributed by atoms with Gasteiger partial charge in [0.25, 0.3) is 0 Å². The van der Waals surface area contributed by atoms with Crippen molar-refractivity contribution in [1.29, 1.82) is 0 Å². The summed E-state index contributed by atoms with van der Waals surface area (Å²) in [5.74, 6) is -0.00491. The minimum absolute atomic E-state index is 0.00491. The summed E-state index contributed by atoms with van der Waals surface area (Å²) in [5.41, 5.74) is 1.10. The predicted octanol–water partition coefficient (Wildman–Crippen LogP) is 1.05. The topological polar surface area (TPSA) is 61.4 Å². The fourth-order valence-corrected chi connectivity index (χ4v) is 1.63. The SMILES string of the molecule is CC(CCCO)NCC(=O)NCc1ccccc1. The Balaban J connectivity index is 2.14. The van der Waals surface area contributed by atoms with E-state index >= 15 is 0 Å². The third-order valence-electron chi connectivity index (χ3n) is 2.74. The van der Waals surface area contributed by atoms with Crippen molar-refractivity contribution in [2.45, 2.75) is 32.4 Å². The molecule has 0 spiro atoms. The molecule has 18 heavy (non-hydrogen) atoms. The summed E-state index contributed by atoms with van der Waals surface area (Å²) in [6.45, 7) is 3.10. The van der Waals surface area contributed by atoms with Crippen LogP contribution in [0.15, 0.2) is 30.3 Å². The maximum Gasteiger partial charge on any atom is 0.234 e. The molecule has 1 aromatic rings. The van der Waals surface area contributed by atoms with Crippen LogP contribution < -0.4 is 10.6 Å². The van der Waals surface area contributed by atoms with Crippen molar-refractivity contribution in [3.05, 3.63) is 35.9 Å². The van der Waals surface area contributed by atoms with Gasteiger partial charge < -0.3 is 15.7 Å². The van der Waals surface area contributed by atoms with Crippen molar-refractivity contribution in [2.24, 2.45) is 0 Å². The second-order valence-electron chi connectivity index (χ2n) is 4.41. The van der Waals surface area contributed by atoms with Crippen LogP contribution in [0, 0.1) is 0 Å². The van der Waals surface area contributed by atoms with Crippen LogP contribution in [0.5, 0.6) is 0 Å². The lowest BCUT2D eigenvalue weighted by Crippen LogP contribution is -2.37. The number of carbonyl (C=O) groups is 1. The maximum absolute atomic E-state index is 11.6. The van der Waals surface area contributed by atoms with Gasteiger partial charge >= 0.3 is 0 Å². The van der Waals surface area contributed by atoms with E-state index in [9.17, 15) is 4.79 Å². The summed E-state index contributed by atoms with van der Waals surface area (Å²) < 4.78 is 0. The molecule has 0 aliphatic rings. The molecule has 4 heteroatoms. The van der Waals surface area contributed by atoms with Crippen LogP contribution >= 0.6 is 0 Å². The van der Waals surface area contributed by atoms with E-state index in [1.54, 1.807) is 0 Å². The van der Waals surface area contributed by atoms with Crippen LogP contribution in [0.1, 0.15) is 25.3 Å². The standard InChI is InChI=1S/C14H22N2O2/c1-12(6-5-9-17)15-11-14(18)16-10-13-7-3-2-4-8-13/h2-4,7-8,12,15,17H,5-6,9-11H2,1H3,(H,16,18). The first-order valence-corrected chi connectivity index (χ1v) is 6.37. The second-order valence-corrected chi connectivity index (χ2v) is 4.41. The highest BCUT2D eigenvalue weighted by atomic mass is 16.2. The Hall–Kier alpha value is -1.39. The minimum atomic E-state index is -0.00491. The smallest absolute Gasteiger partial charge is 0.234 e. The normalized spacial score (nSPS) is 12.1. The number of amides is 1. The third kappa shape index (κ3) is 6.37. The van der Waals surface area contributed by atoms with Gasteiger partial charge in [-0.2, -0.15) is 0 Å². The number of hydrogen-bond acceptors (Lipinski definition) is 3. The van der Waals surface area contributed by atoms with Crippen molar-refractivity contribution < 1.29 is 9.90 Å². The van der Waals surface area contributed by atoms with Gasteiger partial charge in [0.2, 0.25) is 5.91 Å². The zero-order valence-corrected chi connectivity index (χ0v) is 10.9. The van der Waals surface area contributed by atoms with Gasteiger partial charge in [-0.1, -0.05) is 30.3 Å². The number of nitrogens with one attached hydrogen (secondary N) is 2. The zero-order valence-electron chi connectivity index (χ0n) is 10.9. The van der Waals surface area contributed by atoms with Crippen LogP contribution in [-0.2, 0) is 11.3 Å². The molecule has 1 amide bonds. The van der Waals surface area contributed by atoms with Gasteiger partial charge in [-0.15, -0.1) is 0 Å². The largest absolute Gasteiger partial charge is 0.396 e. The number of hydrogen-bond donors (Lipinski definition) is 3. The molecule has 1 atom stereocenters. The summed E-state index contributed by atoms with van der Waals surface area (Å²) in [4.78, 5) is 11.6. The van der Waals surface area contributed by atoms with Crippen molar-refractivity contribution in [3.63, 3.8) is 0 Å². The van der Waals surface area contributed by atoms with Gasteiger partial charge in [-0.25, -0.2) is 0 Å². The molecule has 100 valence electrons. The maximum atomic E-state index is 11.6. The van der Waals surface area contributed by atoms with Gasteiger partial charge in [0.1, 0.15) is 0 Å². The van der Waals surface area contributed by atoms with E-state index in [1.165, 1.54) is 0 Å². The number of carbonyl (C=O) groups excluding carboxylic acids is 1. The van der Waals surface area contributed by atoms with Crippen LogP contribution in [-0.4, -0.2) is 30.2 Å². The Kier molecular flexibility index (Phi) is 7.06. The molecule has 0 heterocycles. The summed E-state index contributed by atoms with van der Waals surface area (Å²) in [6.07, 6.45) is 1.64. The molecule has 0 bridgehead atoms. The first kappa shape index (κ1) is 14.7. The summed E-state index contributed by atoms with van der Waals surface area (Å²) in [7, 11) is 0. The number of aliphatic hydroxyl groups is 1. The molecule has 0 aliphatic carbocycles. The van der Waals surface area contributed by atoms with E-state index in [0.29, 0.717) is 13.1 Å². The molecule has 1 rings (SSSR count). The highest BCUT2D eigenvalue weighted by molar-refractivity contribution is 5.77. The summed E-state index contributed by atoms with van der Waals surface area (Å²) in [6, 6.07) is 10.1. The van der Waals surface area contributed by atoms with E-state index in [-0.39, 0.29) is 18.6 Å². The average molecular weight is 250 g/mol. The Morgan fingerprint density at radius 3 is 2.72 bits per heavy atom. The fraction of sp³-hybridized carbons (Fsp3) is 0.500. The predicted molar refractivity (Wildman–Crippen MR) is 72.1 cm³/mol. The van der Waals surface area contributed by atoms with E-state index in [2.05, 4.69) is 10.6 Å². The summed E-state index contributed by atoms with van der Waals surface area (Å²) >= 11 is 0. The minimum Gasteiger partial charge on any atom is -0.396 e. The number of rotatable bonds is 8. The number of benzene rings is 1. The van der Waals surface area contributed by atoms with Crippen LogP contribution in [0.25, 0.3) is 0 Å². The van der Waals surface area contributed by atoms with Gasteiger partial charge in [-0.05, 0) is 25.3 Å². The quantitative estimate of drug-likeness (QED) is 0.646. The lowest BCUT2D eigenvalue weighted by Gasteiger charge is -2.13. The van der Waals surface area contributed by atoms with Crippen molar-refractivity contribution in [2.75, 3.05) is 13.2 Å². The molecular formula is C14H22N2O2. The van der Waals surface area contributed by atoms with E-state index < -0.39 is 0 Å². The molecule has 0 aliphatic heterocycles. The van der Waals surface area contributed by atoms with Crippen molar-refractivity contribution >= 4 is 5.91 Å².